The predicted molar refractivity (Wildman–Crippen MR) is 90.8 cm³/mol. The van der Waals surface area contributed by atoms with Crippen LogP contribution >= 0.6 is 0 Å². The Labute approximate surface area is 136 Å². The van der Waals surface area contributed by atoms with E-state index in [1.54, 1.807) is 24.3 Å². The van der Waals surface area contributed by atoms with E-state index in [9.17, 15) is 14.7 Å². The van der Waals surface area contributed by atoms with Crippen LogP contribution in [0.2, 0.25) is 0 Å². The lowest BCUT2D eigenvalue weighted by Gasteiger charge is -2.15. The van der Waals surface area contributed by atoms with Crippen molar-refractivity contribution >= 4 is 11.6 Å². The number of carbonyl (C=O) groups is 2. The zero-order valence-electron chi connectivity index (χ0n) is 13.4. The molecule has 2 rings (SSSR count). The summed E-state index contributed by atoms with van der Waals surface area (Å²) in [5, 5.41) is 9.75. The maximum absolute atomic E-state index is 12.0. The Bertz CT molecular complexity index is 717. The highest BCUT2D eigenvalue weighted by molar-refractivity contribution is 6.04. The third-order valence-corrected chi connectivity index (χ3v) is 3.60. The fraction of sp³-hybridized carbons (Fsp3) is 0.200. The Kier molecular flexibility index (Phi) is 4.92. The summed E-state index contributed by atoms with van der Waals surface area (Å²) in [7, 11) is 0. The van der Waals surface area contributed by atoms with E-state index < -0.39 is 5.60 Å². The standard InChI is InChI=1S/C20H20O3/c1-4-18(21)16-9-5-14(6-10-16)13-15-7-11-17(12-8-15)19(22)20(2,3)23/h4-12,23H,1,13H2,2-3H3. The minimum absolute atomic E-state index is 0.0916. The SMILES string of the molecule is C=CC(=O)c1ccc(Cc2ccc(C(=O)C(C)(C)O)cc2)cc1. The molecular formula is C20H20O3. The number of aliphatic hydroxyl groups is 1. The van der Waals surface area contributed by atoms with Crippen molar-refractivity contribution in [3.63, 3.8) is 0 Å². The van der Waals surface area contributed by atoms with Gasteiger partial charge in [-0.2, -0.15) is 0 Å². The fourth-order valence-electron chi connectivity index (χ4n) is 2.27. The van der Waals surface area contributed by atoms with Gasteiger partial charge in [-0.15, -0.1) is 0 Å². The Hall–Kier alpha value is -2.52. The Morgan fingerprint density at radius 3 is 1.78 bits per heavy atom. The van der Waals surface area contributed by atoms with Gasteiger partial charge in [-0.1, -0.05) is 55.1 Å². The smallest absolute Gasteiger partial charge is 0.193 e. The van der Waals surface area contributed by atoms with Crippen molar-refractivity contribution in [1.29, 1.82) is 0 Å². The Morgan fingerprint density at radius 2 is 1.39 bits per heavy atom. The summed E-state index contributed by atoms with van der Waals surface area (Å²) in [5.41, 5.74) is 1.88. The molecule has 0 unspecified atom stereocenters. The largest absolute Gasteiger partial charge is 0.382 e. The number of Topliss-reactive ketones (excluding diaryl/α,β-unsaturated/α-hetero) is 1. The number of hydrogen-bond donors (Lipinski definition) is 1. The van der Waals surface area contributed by atoms with Crippen LogP contribution in [0.1, 0.15) is 45.7 Å². The van der Waals surface area contributed by atoms with Crippen LogP contribution in [0.15, 0.2) is 61.2 Å². The first-order chi connectivity index (χ1) is 10.8. The van der Waals surface area contributed by atoms with Crippen LogP contribution in [0.4, 0.5) is 0 Å². The molecule has 0 saturated heterocycles. The molecule has 0 atom stereocenters. The number of carbonyl (C=O) groups excluding carboxylic acids is 2. The van der Waals surface area contributed by atoms with Gasteiger partial charge in [-0.05, 0) is 37.5 Å². The quantitative estimate of drug-likeness (QED) is 0.655. The molecule has 118 valence electrons. The van der Waals surface area contributed by atoms with Gasteiger partial charge in [0.25, 0.3) is 0 Å². The second-order valence-corrected chi connectivity index (χ2v) is 6.03. The van der Waals surface area contributed by atoms with Crippen molar-refractivity contribution in [3.8, 4) is 0 Å². The molecule has 0 spiro atoms. The zero-order valence-corrected chi connectivity index (χ0v) is 13.4. The molecule has 0 aliphatic rings. The molecule has 3 heteroatoms. The molecular weight excluding hydrogens is 288 g/mol. The van der Waals surface area contributed by atoms with E-state index in [0.29, 0.717) is 17.5 Å². The number of benzene rings is 2. The van der Waals surface area contributed by atoms with Gasteiger partial charge in [0.05, 0.1) is 0 Å². The predicted octanol–water partition coefficient (Wildman–Crippen LogP) is 3.60. The van der Waals surface area contributed by atoms with Gasteiger partial charge in [0.2, 0.25) is 0 Å². The molecule has 2 aromatic rings. The highest BCUT2D eigenvalue weighted by Gasteiger charge is 2.24. The normalized spacial score (nSPS) is 11.1. The van der Waals surface area contributed by atoms with Gasteiger partial charge in [0, 0.05) is 11.1 Å². The first kappa shape index (κ1) is 16.8. The minimum atomic E-state index is -1.37. The summed E-state index contributed by atoms with van der Waals surface area (Å²) in [5.74, 6) is -0.387. The van der Waals surface area contributed by atoms with Crippen LogP contribution < -0.4 is 0 Å². The third kappa shape index (κ3) is 4.24. The molecule has 23 heavy (non-hydrogen) atoms. The van der Waals surface area contributed by atoms with E-state index in [0.717, 1.165) is 11.1 Å². The molecule has 1 N–H and O–H groups in total. The lowest BCUT2D eigenvalue weighted by molar-refractivity contribution is 0.0488. The average Bonchev–Trinajstić information content (AvgIpc) is 2.54. The molecule has 0 radical (unpaired) electrons. The van der Waals surface area contributed by atoms with E-state index in [-0.39, 0.29) is 11.6 Å². The van der Waals surface area contributed by atoms with Gasteiger partial charge in [0.15, 0.2) is 11.6 Å². The molecule has 0 aromatic heterocycles. The van der Waals surface area contributed by atoms with E-state index >= 15 is 0 Å². The van der Waals surface area contributed by atoms with E-state index in [4.69, 9.17) is 0 Å². The van der Waals surface area contributed by atoms with E-state index in [1.807, 2.05) is 24.3 Å². The molecule has 3 nitrogen and oxygen atoms in total. The molecule has 0 aliphatic heterocycles. The fourth-order valence-corrected chi connectivity index (χ4v) is 2.27. The second-order valence-electron chi connectivity index (χ2n) is 6.03. The van der Waals surface area contributed by atoms with Gasteiger partial charge in [0.1, 0.15) is 5.60 Å². The minimum Gasteiger partial charge on any atom is -0.382 e. The molecule has 0 fully saturated rings. The topological polar surface area (TPSA) is 54.4 Å². The van der Waals surface area contributed by atoms with Gasteiger partial charge < -0.3 is 5.11 Å². The number of ketones is 2. The second kappa shape index (κ2) is 6.71. The van der Waals surface area contributed by atoms with E-state index in [1.165, 1.54) is 19.9 Å². The van der Waals surface area contributed by atoms with Crippen LogP contribution in [0.5, 0.6) is 0 Å². The van der Waals surface area contributed by atoms with Crippen LogP contribution in [0, 0.1) is 0 Å². The first-order valence-corrected chi connectivity index (χ1v) is 7.43. The lowest BCUT2D eigenvalue weighted by atomic mass is 9.95. The van der Waals surface area contributed by atoms with Gasteiger partial charge in [-0.3, -0.25) is 9.59 Å². The third-order valence-electron chi connectivity index (χ3n) is 3.60. The van der Waals surface area contributed by atoms with Gasteiger partial charge in [-0.25, -0.2) is 0 Å². The van der Waals surface area contributed by atoms with Crippen molar-refractivity contribution in [2.24, 2.45) is 0 Å². The summed E-state index contributed by atoms with van der Waals surface area (Å²) >= 11 is 0. The summed E-state index contributed by atoms with van der Waals surface area (Å²) < 4.78 is 0. The molecule has 2 aromatic carbocycles. The summed E-state index contributed by atoms with van der Waals surface area (Å²) in [6.07, 6.45) is 2.01. The average molecular weight is 308 g/mol. The zero-order chi connectivity index (χ0) is 17.0. The summed E-state index contributed by atoms with van der Waals surface area (Å²) in [6.45, 7) is 6.43. The van der Waals surface area contributed by atoms with E-state index in [2.05, 4.69) is 6.58 Å². The number of allylic oxidation sites excluding steroid dienone is 1. The molecule has 0 heterocycles. The van der Waals surface area contributed by atoms with Crippen molar-refractivity contribution in [2.75, 3.05) is 0 Å². The molecule has 0 bridgehead atoms. The van der Waals surface area contributed by atoms with Gasteiger partial charge >= 0.3 is 0 Å². The van der Waals surface area contributed by atoms with Crippen molar-refractivity contribution in [3.05, 3.63) is 83.4 Å². The van der Waals surface area contributed by atoms with Crippen molar-refractivity contribution in [2.45, 2.75) is 25.9 Å². The Morgan fingerprint density at radius 1 is 0.957 bits per heavy atom. The highest BCUT2D eigenvalue weighted by Crippen LogP contribution is 2.16. The summed E-state index contributed by atoms with van der Waals surface area (Å²) in [4.78, 5) is 23.5. The van der Waals surface area contributed by atoms with Crippen LogP contribution in [0.3, 0.4) is 0 Å². The summed E-state index contributed by atoms with van der Waals surface area (Å²) in [6, 6.07) is 14.6. The monoisotopic (exact) mass is 308 g/mol. The molecule has 0 saturated carbocycles. The van der Waals surface area contributed by atoms with Crippen LogP contribution in [-0.2, 0) is 6.42 Å². The maximum Gasteiger partial charge on any atom is 0.193 e. The first-order valence-electron chi connectivity index (χ1n) is 7.43. The van der Waals surface area contributed by atoms with Crippen LogP contribution in [0.25, 0.3) is 0 Å². The van der Waals surface area contributed by atoms with Crippen LogP contribution in [-0.4, -0.2) is 22.3 Å². The maximum atomic E-state index is 12.0. The van der Waals surface area contributed by atoms with Crippen molar-refractivity contribution in [1.82, 2.24) is 0 Å². The lowest BCUT2D eigenvalue weighted by Crippen LogP contribution is -2.31. The van der Waals surface area contributed by atoms with Crippen molar-refractivity contribution < 1.29 is 14.7 Å². The Balaban J connectivity index is 2.11. The highest BCUT2D eigenvalue weighted by atomic mass is 16.3. The number of hydrogen-bond acceptors (Lipinski definition) is 3. The molecule has 0 aliphatic carbocycles. The number of rotatable bonds is 6. The molecule has 0 amide bonds.